The smallest absolute Gasteiger partial charge is 0.347 e. The summed E-state index contributed by atoms with van der Waals surface area (Å²) in [4.78, 5) is 97.4. The molecule has 0 saturated carbocycles. The molecule has 12 heterocycles. The van der Waals surface area contributed by atoms with Crippen molar-refractivity contribution in [3.8, 4) is 0 Å². The molecule has 1 aliphatic rings. The van der Waals surface area contributed by atoms with Gasteiger partial charge in [-0.25, -0.2) is 44.5 Å². The summed E-state index contributed by atoms with van der Waals surface area (Å²) in [5.41, 5.74) is 19.9. The Bertz CT molecular complexity index is 5600. The second-order valence-corrected chi connectivity index (χ2v) is 30.1. The molecule has 0 bridgehead atoms. The number of hydrogen-bond acceptors (Lipinski definition) is 17. The van der Waals surface area contributed by atoms with E-state index in [1.54, 1.807) is 36.1 Å². The van der Waals surface area contributed by atoms with Crippen LogP contribution in [0, 0.1) is 104 Å². The fourth-order valence-corrected chi connectivity index (χ4v) is 13.6. The van der Waals surface area contributed by atoms with Gasteiger partial charge in [-0.3, -0.25) is 42.0 Å². The zero-order valence-electron chi connectivity index (χ0n) is 69.9. The SMILES string of the molecule is CC1=Nc2c3c(nc(=O)ccc3cn2C(C)C)N1.Cc1c(C)n(C(C)C)c(=O)n(C)c1=O.Cc1cc2c(c(C)nn2C(C)C)c(C)c1C.Cc1nc(=O)n(C(C)C)c(C)c1C.Cc1nc(C)c2c(n1)c(C(C)C)cn2C.Cc1nc(C)c2c(n1)c(C(C)C)nn2C.Cc1nc2c(nc(C)n2C(C)C)c(=O)n1C. The van der Waals surface area contributed by atoms with Gasteiger partial charge in [0.15, 0.2) is 11.2 Å². The molecule has 107 heavy (non-hydrogen) atoms. The maximum absolute atomic E-state index is 12.0. The molecule has 26 heteroatoms. The van der Waals surface area contributed by atoms with Crippen molar-refractivity contribution in [1.29, 1.82) is 0 Å². The molecule has 0 fully saturated rings. The third-order valence-electron chi connectivity index (χ3n) is 19.6. The van der Waals surface area contributed by atoms with Crippen LogP contribution in [0.2, 0.25) is 0 Å². The average molecular weight is 1460 g/mol. The molecule has 0 unspecified atom stereocenters. The van der Waals surface area contributed by atoms with Crippen LogP contribution in [0.15, 0.2) is 59.6 Å². The highest BCUT2D eigenvalue weighted by atomic mass is 16.2. The van der Waals surface area contributed by atoms with E-state index in [-0.39, 0.29) is 46.2 Å². The zero-order chi connectivity index (χ0) is 80.5. The Balaban J connectivity index is 0.000000174. The molecule has 1 aliphatic heterocycles. The number of aliphatic imine (C=N–C) groups is 1. The van der Waals surface area contributed by atoms with Gasteiger partial charge in [0.05, 0.1) is 44.7 Å². The lowest BCUT2D eigenvalue weighted by Gasteiger charge is -2.16. The topological polar surface area (TPSA) is 283 Å². The molecule has 1 aromatic carbocycles. The summed E-state index contributed by atoms with van der Waals surface area (Å²) in [7, 11) is 7.23. The van der Waals surface area contributed by atoms with E-state index in [0.717, 1.165) is 112 Å². The first-order valence-electron chi connectivity index (χ1n) is 36.8. The number of benzene rings is 1. The number of fused-ring (bicyclic) bond motifs is 4. The number of nitrogens with zero attached hydrogens (tertiary/aromatic N) is 20. The number of hydrogen-bond donors (Lipinski definition) is 1. The highest BCUT2D eigenvalue weighted by Crippen LogP contribution is 2.37. The van der Waals surface area contributed by atoms with Crippen molar-refractivity contribution in [2.45, 2.75) is 250 Å². The van der Waals surface area contributed by atoms with Gasteiger partial charge in [0, 0.05) is 110 Å². The fourth-order valence-electron chi connectivity index (χ4n) is 13.6. The summed E-state index contributed by atoms with van der Waals surface area (Å²) >= 11 is 0. The van der Waals surface area contributed by atoms with E-state index in [4.69, 9.17) is 0 Å². The number of aromatic nitrogens is 19. The standard InChI is InChI=1S/C14H20N2.C13H14N4O.C12H17N3.C11H16N4O.C11H16N4.C10H16N2O2.C10H16N2O/c1-8(2)16-13-7-9(3)10(4)11(5)14(13)12(6)15-16;1-7(2)17-6-9-4-5-10(18)16-12-11(9)13(17)15-8(3)14-12;1-7(2)10-6-15(5)12-8(3)13-9(4)14-11(10)12;1-6(2)15-8(4)12-9-10(15)13-7(3)14(5)11(9)16;1-6(2)9-10-11(15(5)14-9)7(3)12-8(4)13-10;1-6(2)12-8(4)7(3)9(13)11(5)10(12)14;1-6(2)12-9(5)7(3)8(4)11-10(12)13/h7-8H,1-6H3;4-7H,1-3H3,(H,14,15,16,18);6-7H,1-5H3;6H,1-5H3;6H,1-5H3;6H,1-5H3;6H,1-5H3. The van der Waals surface area contributed by atoms with E-state index in [0.29, 0.717) is 52.3 Å². The van der Waals surface area contributed by atoms with Crippen LogP contribution >= 0.6 is 0 Å². The van der Waals surface area contributed by atoms with Crippen LogP contribution in [0.4, 0.5) is 11.6 Å². The number of anilines is 1. The largest absolute Gasteiger partial charge is 0.348 e. The van der Waals surface area contributed by atoms with Gasteiger partial charge in [-0.05, 0) is 232 Å². The number of imidazole rings is 1. The summed E-state index contributed by atoms with van der Waals surface area (Å²) < 4.78 is 16.3. The summed E-state index contributed by atoms with van der Waals surface area (Å²) in [6, 6.07) is 6.79. The minimum Gasteiger partial charge on any atom is -0.347 e. The van der Waals surface area contributed by atoms with Crippen molar-refractivity contribution < 1.29 is 0 Å². The summed E-state index contributed by atoms with van der Waals surface area (Å²) in [6.07, 6.45) is 4.18. The van der Waals surface area contributed by atoms with Crippen LogP contribution in [0.3, 0.4) is 0 Å². The zero-order valence-corrected chi connectivity index (χ0v) is 69.9. The second kappa shape index (κ2) is 33.6. The Morgan fingerprint density at radius 3 is 1.57 bits per heavy atom. The molecular formula is C81H115N21O5. The number of rotatable bonds is 7. The van der Waals surface area contributed by atoms with Crippen LogP contribution in [0.1, 0.15) is 242 Å². The fraction of sp³-hybridized carbons (Fsp3) is 0.506. The van der Waals surface area contributed by atoms with Crippen molar-refractivity contribution in [3.05, 3.63) is 179 Å². The van der Waals surface area contributed by atoms with Crippen LogP contribution < -0.4 is 33.4 Å². The molecule has 574 valence electrons. The van der Waals surface area contributed by atoms with Crippen molar-refractivity contribution in [2.75, 3.05) is 5.32 Å². The van der Waals surface area contributed by atoms with Crippen LogP contribution in [-0.4, -0.2) is 97.2 Å². The van der Waals surface area contributed by atoms with Gasteiger partial charge in [-0.15, -0.1) is 0 Å². The third-order valence-corrected chi connectivity index (χ3v) is 19.6. The van der Waals surface area contributed by atoms with E-state index < -0.39 is 0 Å². The first-order valence-corrected chi connectivity index (χ1v) is 36.8. The lowest BCUT2D eigenvalue weighted by molar-refractivity contribution is 0.514. The molecule has 0 spiro atoms. The van der Waals surface area contributed by atoms with Crippen molar-refractivity contribution in [3.63, 3.8) is 0 Å². The highest BCUT2D eigenvalue weighted by molar-refractivity contribution is 6.11. The van der Waals surface area contributed by atoms with E-state index in [2.05, 4.69) is 190 Å². The molecule has 26 nitrogen and oxygen atoms in total. The minimum atomic E-state index is -0.245. The number of aryl methyl sites for hydroxylation is 12. The molecular weight excluding hydrogens is 1350 g/mol. The van der Waals surface area contributed by atoms with Crippen LogP contribution in [0.5, 0.6) is 0 Å². The molecule has 0 atom stereocenters. The van der Waals surface area contributed by atoms with Crippen molar-refractivity contribution in [1.82, 2.24) is 91.4 Å². The van der Waals surface area contributed by atoms with Gasteiger partial charge in [0.2, 0.25) is 0 Å². The predicted octanol–water partition coefficient (Wildman–Crippen LogP) is 14.9. The maximum atomic E-state index is 12.0. The number of nitrogens with one attached hydrogen (secondary N) is 1. The Labute approximate surface area is 628 Å². The third kappa shape index (κ3) is 17.5. The van der Waals surface area contributed by atoms with E-state index in [1.165, 1.54) is 50.8 Å². The molecule has 11 aromatic heterocycles. The highest BCUT2D eigenvalue weighted by Gasteiger charge is 2.23. The van der Waals surface area contributed by atoms with E-state index >= 15 is 0 Å². The Kier molecular flexibility index (Phi) is 26.3. The molecule has 0 saturated heterocycles. The molecule has 12 aromatic rings. The van der Waals surface area contributed by atoms with Gasteiger partial charge in [-0.1, -0.05) is 27.7 Å². The monoisotopic (exact) mass is 1460 g/mol. The summed E-state index contributed by atoms with van der Waals surface area (Å²) in [5.74, 6) is 6.33. The van der Waals surface area contributed by atoms with Crippen LogP contribution in [-0.2, 0) is 28.2 Å². The van der Waals surface area contributed by atoms with Gasteiger partial charge in [-0.2, -0.15) is 20.2 Å². The predicted molar refractivity (Wildman–Crippen MR) is 435 cm³/mol. The second-order valence-electron chi connectivity index (χ2n) is 30.1. The lowest BCUT2D eigenvalue weighted by atomic mass is 9.99. The quantitative estimate of drug-likeness (QED) is 0.155. The van der Waals surface area contributed by atoms with E-state index in [1.807, 2.05) is 119 Å². The lowest BCUT2D eigenvalue weighted by Crippen LogP contribution is -2.41. The minimum absolute atomic E-state index is 0.0769. The molecule has 1 N–H and O–H groups in total. The Morgan fingerprint density at radius 1 is 0.449 bits per heavy atom. The van der Waals surface area contributed by atoms with Gasteiger partial charge < -0.3 is 19.0 Å². The number of amidine groups is 1. The van der Waals surface area contributed by atoms with Gasteiger partial charge in [0.1, 0.15) is 51.8 Å². The Morgan fingerprint density at radius 2 is 1.02 bits per heavy atom. The summed E-state index contributed by atoms with van der Waals surface area (Å²) in [5, 5.41) is 15.4. The van der Waals surface area contributed by atoms with Gasteiger partial charge in [0.25, 0.3) is 16.7 Å². The average Bonchev–Trinajstić information content (AvgIpc) is 1.69. The normalized spacial score (nSPS) is 11.8. The summed E-state index contributed by atoms with van der Waals surface area (Å²) in [6.45, 7) is 60.7. The molecule has 13 rings (SSSR count). The van der Waals surface area contributed by atoms with Crippen molar-refractivity contribution >= 4 is 72.4 Å². The first kappa shape index (κ1) is 83.9. The molecule has 0 radical (unpaired) electrons. The van der Waals surface area contributed by atoms with Crippen LogP contribution in [0.25, 0.3) is 54.9 Å². The maximum Gasteiger partial charge on any atom is 0.348 e. The van der Waals surface area contributed by atoms with E-state index in [9.17, 15) is 24.0 Å². The van der Waals surface area contributed by atoms with Crippen molar-refractivity contribution in [2.24, 2.45) is 33.2 Å². The molecule has 0 aliphatic carbocycles. The Hall–Kier alpha value is -10.4. The molecule has 0 amide bonds. The van der Waals surface area contributed by atoms with Gasteiger partial charge >= 0.3 is 11.4 Å². The first-order chi connectivity index (χ1) is 49.7.